The van der Waals surface area contributed by atoms with Crippen molar-refractivity contribution in [1.82, 2.24) is 14.5 Å². The largest absolute Gasteiger partial charge is 0.497 e. The van der Waals surface area contributed by atoms with Gasteiger partial charge in [0.25, 0.3) is 5.56 Å². The first kappa shape index (κ1) is 19.4. The molecule has 6 nitrogen and oxygen atoms in total. The van der Waals surface area contributed by atoms with E-state index in [2.05, 4.69) is 0 Å². The molecule has 0 spiro atoms. The molecule has 1 aromatic carbocycles. The van der Waals surface area contributed by atoms with Crippen molar-refractivity contribution < 1.29 is 9.47 Å². The van der Waals surface area contributed by atoms with E-state index in [4.69, 9.17) is 14.5 Å². The van der Waals surface area contributed by atoms with Gasteiger partial charge in [0.05, 0.1) is 25.6 Å². The van der Waals surface area contributed by atoms with E-state index in [-0.39, 0.29) is 5.56 Å². The van der Waals surface area contributed by atoms with Crippen LogP contribution in [-0.2, 0) is 13.1 Å². The second-order valence-electron chi connectivity index (χ2n) is 6.71. The molecule has 7 heteroatoms. The lowest BCUT2D eigenvalue weighted by Crippen LogP contribution is -2.30. The van der Waals surface area contributed by atoms with Gasteiger partial charge in [0.2, 0.25) is 0 Å². The minimum absolute atomic E-state index is 0.0111. The Morgan fingerprint density at radius 1 is 1.15 bits per heavy atom. The van der Waals surface area contributed by atoms with Crippen molar-refractivity contribution in [3.05, 3.63) is 50.9 Å². The molecule has 144 valence electrons. The lowest BCUT2D eigenvalue weighted by atomic mass is 10.2. The smallest absolute Gasteiger partial charge is 0.262 e. The number of rotatable bonds is 7. The van der Waals surface area contributed by atoms with Crippen LogP contribution in [0.15, 0.2) is 29.1 Å². The fraction of sp³-hybridized carbons (Fsp3) is 0.400. The summed E-state index contributed by atoms with van der Waals surface area (Å²) in [4.78, 5) is 21.9. The number of nitrogens with zero attached hydrogens (tertiary/aromatic N) is 3. The van der Waals surface area contributed by atoms with Crippen molar-refractivity contribution in [3.63, 3.8) is 0 Å². The normalized spacial score (nSPS) is 11.3. The molecule has 0 atom stereocenters. The van der Waals surface area contributed by atoms with Gasteiger partial charge >= 0.3 is 0 Å². The molecule has 0 aliphatic rings. The molecule has 2 heterocycles. The predicted octanol–water partition coefficient (Wildman–Crippen LogP) is 3.22. The molecular weight excluding hydrogens is 362 g/mol. The van der Waals surface area contributed by atoms with Crippen LogP contribution in [0.4, 0.5) is 0 Å². The Morgan fingerprint density at radius 2 is 1.81 bits per heavy atom. The van der Waals surface area contributed by atoms with E-state index in [1.54, 1.807) is 23.0 Å². The van der Waals surface area contributed by atoms with Crippen molar-refractivity contribution in [1.29, 1.82) is 0 Å². The number of benzene rings is 1. The van der Waals surface area contributed by atoms with Crippen molar-refractivity contribution in [2.24, 2.45) is 0 Å². The van der Waals surface area contributed by atoms with Gasteiger partial charge in [-0.3, -0.25) is 9.36 Å². The quantitative estimate of drug-likeness (QED) is 0.623. The second-order valence-corrected chi connectivity index (χ2v) is 7.91. The molecule has 27 heavy (non-hydrogen) atoms. The Labute approximate surface area is 163 Å². The lowest BCUT2D eigenvalue weighted by Gasteiger charge is -2.16. The van der Waals surface area contributed by atoms with Crippen molar-refractivity contribution in [2.45, 2.75) is 26.9 Å². The van der Waals surface area contributed by atoms with Gasteiger partial charge in [-0.15, -0.1) is 11.3 Å². The highest BCUT2D eigenvalue weighted by Gasteiger charge is 2.16. The molecule has 0 amide bonds. The van der Waals surface area contributed by atoms with E-state index < -0.39 is 0 Å². The maximum absolute atomic E-state index is 13.1. The van der Waals surface area contributed by atoms with E-state index in [0.29, 0.717) is 19.7 Å². The van der Waals surface area contributed by atoms with Gasteiger partial charge in [0.15, 0.2) is 0 Å². The average Bonchev–Trinajstić information content (AvgIpc) is 2.91. The Balaban J connectivity index is 1.87. The van der Waals surface area contributed by atoms with Crippen LogP contribution in [0.5, 0.6) is 11.5 Å². The van der Waals surface area contributed by atoms with Crippen molar-refractivity contribution >= 4 is 21.6 Å². The van der Waals surface area contributed by atoms with E-state index in [9.17, 15) is 4.79 Å². The number of fused-ring (bicyclic) bond motifs is 1. The van der Waals surface area contributed by atoms with Gasteiger partial charge < -0.3 is 14.4 Å². The Kier molecular flexibility index (Phi) is 5.82. The SMILES string of the molecule is COc1ccc(OCCn2c(CN(C)C)nc3sc(C)c(C)c3c2=O)cc1. The summed E-state index contributed by atoms with van der Waals surface area (Å²) in [6, 6.07) is 7.42. The van der Waals surface area contributed by atoms with Gasteiger partial charge in [-0.2, -0.15) is 0 Å². The molecule has 0 saturated heterocycles. The highest BCUT2D eigenvalue weighted by Crippen LogP contribution is 2.26. The maximum Gasteiger partial charge on any atom is 0.262 e. The minimum atomic E-state index is 0.0111. The highest BCUT2D eigenvalue weighted by molar-refractivity contribution is 7.18. The summed E-state index contributed by atoms with van der Waals surface area (Å²) >= 11 is 1.58. The number of methoxy groups -OCH3 is 1. The molecule has 0 aliphatic carbocycles. The zero-order chi connectivity index (χ0) is 19.6. The number of thiophene rings is 1. The lowest BCUT2D eigenvalue weighted by molar-refractivity contribution is 0.287. The summed E-state index contributed by atoms with van der Waals surface area (Å²) in [5, 5.41) is 0.726. The van der Waals surface area contributed by atoms with Crippen LogP contribution in [0.1, 0.15) is 16.3 Å². The second kappa shape index (κ2) is 8.10. The maximum atomic E-state index is 13.1. The Bertz CT molecular complexity index is 990. The molecule has 0 fully saturated rings. The van der Waals surface area contributed by atoms with Crippen LogP contribution in [0.3, 0.4) is 0 Å². The average molecular weight is 388 g/mol. The van der Waals surface area contributed by atoms with Gasteiger partial charge in [-0.1, -0.05) is 0 Å². The van der Waals surface area contributed by atoms with Gasteiger partial charge in [0, 0.05) is 4.88 Å². The van der Waals surface area contributed by atoms with Crippen molar-refractivity contribution in [3.8, 4) is 11.5 Å². The molecule has 0 bridgehead atoms. The van der Waals surface area contributed by atoms with Crippen molar-refractivity contribution in [2.75, 3.05) is 27.8 Å². The van der Waals surface area contributed by atoms with Crippen LogP contribution in [0, 0.1) is 13.8 Å². The van der Waals surface area contributed by atoms with Gasteiger partial charge in [0.1, 0.15) is 28.8 Å². The molecule has 0 radical (unpaired) electrons. The predicted molar refractivity (Wildman–Crippen MR) is 109 cm³/mol. The van der Waals surface area contributed by atoms with E-state index in [1.807, 2.05) is 57.1 Å². The standard InChI is InChI=1S/C20H25N3O3S/c1-13-14(2)27-19-18(13)20(24)23(17(21-19)12-22(3)4)10-11-26-16-8-6-15(25-5)7-9-16/h6-9H,10-12H2,1-5H3. The molecule has 0 unspecified atom stereocenters. The first-order valence-corrected chi connectivity index (χ1v) is 9.63. The number of hydrogen-bond acceptors (Lipinski definition) is 6. The third kappa shape index (κ3) is 4.14. The monoisotopic (exact) mass is 387 g/mol. The number of aryl methyl sites for hydroxylation is 2. The molecule has 0 saturated carbocycles. The molecule has 2 aromatic heterocycles. The van der Waals surface area contributed by atoms with Crippen LogP contribution in [-0.4, -0.2) is 42.3 Å². The summed E-state index contributed by atoms with van der Waals surface area (Å²) in [6.07, 6.45) is 0. The summed E-state index contributed by atoms with van der Waals surface area (Å²) in [5.74, 6) is 2.29. The van der Waals surface area contributed by atoms with Gasteiger partial charge in [-0.25, -0.2) is 4.98 Å². The topological polar surface area (TPSA) is 56.6 Å². The Hall–Kier alpha value is -2.38. The first-order valence-electron chi connectivity index (χ1n) is 8.81. The summed E-state index contributed by atoms with van der Waals surface area (Å²) in [5.41, 5.74) is 1.03. The zero-order valence-corrected chi connectivity index (χ0v) is 17.2. The molecule has 0 N–H and O–H groups in total. The molecule has 0 aliphatic heterocycles. The summed E-state index contributed by atoms with van der Waals surface area (Å²) in [7, 11) is 5.57. The van der Waals surface area contributed by atoms with Crippen LogP contribution < -0.4 is 15.0 Å². The number of ether oxygens (including phenoxy) is 2. The zero-order valence-electron chi connectivity index (χ0n) is 16.4. The van der Waals surface area contributed by atoms with Crippen LogP contribution in [0.2, 0.25) is 0 Å². The van der Waals surface area contributed by atoms with E-state index >= 15 is 0 Å². The third-order valence-corrected chi connectivity index (χ3v) is 5.57. The molecule has 3 rings (SSSR count). The first-order chi connectivity index (χ1) is 12.9. The fourth-order valence-corrected chi connectivity index (χ4v) is 3.97. The summed E-state index contributed by atoms with van der Waals surface area (Å²) < 4.78 is 12.7. The summed E-state index contributed by atoms with van der Waals surface area (Å²) in [6.45, 7) is 5.46. The van der Waals surface area contributed by atoms with Crippen LogP contribution in [0.25, 0.3) is 10.2 Å². The fourth-order valence-electron chi connectivity index (χ4n) is 2.93. The molecule has 3 aromatic rings. The number of aromatic nitrogens is 2. The third-order valence-electron chi connectivity index (χ3n) is 4.47. The Morgan fingerprint density at radius 3 is 2.44 bits per heavy atom. The van der Waals surface area contributed by atoms with Crippen LogP contribution >= 0.6 is 11.3 Å². The molecular formula is C20H25N3O3S. The highest BCUT2D eigenvalue weighted by atomic mass is 32.1. The minimum Gasteiger partial charge on any atom is -0.497 e. The van der Waals surface area contributed by atoms with Gasteiger partial charge in [-0.05, 0) is 57.8 Å². The van der Waals surface area contributed by atoms with E-state index in [1.165, 1.54) is 0 Å². The number of hydrogen-bond donors (Lipinski definition) is 0. The van der Waals surface area contributed by atoms with E-state index in [0.717, 1.165) is 38.0 Å².